The maximum absolute atomic E-state index is 12.7. The van der Waals surface area contributed by atoms with Crippen LogP contribution in [-0.2, 0) is 26.0 Å². The second-order valence-corrected chi connectivity index (χ2v) is 6.82. The van der Waals surface area contributed by atoms with E-state index in [1.165, 1.54) is 6.07 Å². The van der Waals surface area contributed by atoms with E-state index < -0.39 is 19.3 Å². The van der Waals surface area contributed by atoms with Crippen LogP contribution >= 0.6 is 23.5 Å². The number of halogens is 4. The van der Waals surface area contributed by atoms with Crippen molar-refractivity contribution in [2.75, 3.05) is 13.2 Å². The van der Waals surface area contributed by atoms with Crippen molar-refractivity contribution in [3.63, 3.8) is 0 Å². The molecule has 0 N–H and O–H groups in total. The molecule has 0 saturated carbocycles. The number of alkyl halides is 3. The van der Waals surface area contributed by atoms with E-state index in [1.54, 1.807) is 13.8 Å². The number of rotatable bonds is 6. The van der Waals surface area contributed by atoms with E-state index in [1.807, 2.05) is 0 Å². The molecule has 0 bridgehead atoms. The molecule has 1 aromatic rings. The predicted octanol–water partition coefficient (Wildman–Crippen LogP) is 5.23. The van der Waals surface area contributed by atoms with Crippen LogP contribution in [0.4, 0.5) is 13.2 Å². The fourth-order valence-electron chi connectivity index (χ4n) is 1.60. The first-order valence-corrected chi connectivity index (χ1v) is 8.47. The molecule has 0 amide bonds. The summed E-state index contributed by atoms with van der Waals surface area (Å²) in [4.78, 5) is 0. The van der Waals surface area contributed by atoms with Gasteiger partial charge >= 0.3 is 13.8 Å². The first-order valence-electron chi connectivity index (χ1n) is 5.95. The van der Waals surface area contributed by atoms with Gasteiger partial charge in [0.15, 0.2) is 0 Å². The summed E-state index contributed by atoms with van der Waals surface area (Å²) in [6, 6.07) is 3.19. The molecule has 0 atom stereocenters. The summed E-state index contributed by atoms with van der Waals surface area (Å²) in [7, 11) is -3.44. The van der Waals surface area contributed by atoms with E-state index in [4.69, 9.17) is 9.05 Å². The van der Waals surface area contributed by atoms with Crippen molar-refractivity contribution in [1.82, 2.24) is 0 Å². The average Bonchev–Trinajstić information content (AvgIpc) is 2.31. The van der Waals surface area contributed by atoms with Crippen molar-refractivity contribution in [3.05, 3.63) is 33.8 Å². The lowest BCUT2D eigenvalue weighted by Gasteiger charge is -2.18. The monoisotopic (exact) mass is 374 g/mol. The smallest absolute Gasteiger partial charge is 0.309 e. The second-order valence-electron chi connectivity index (χ2n) is 3.91. The minimum Gasteiger partial charge on any atom is -0.309 e. The summed E-state index contributed by atoms with van der Waals surface area (Å²) in [5.41, 5.74) is -0.555. The SMILES string of the molecule is CCOP(=O)(Cc1cc(C(F)(F)F)ccc1Br)OCC. The number of hydrogen-bond donors (Lipinski definition) is 0. The summed E-state index contributed by atoms with van der Waals surface area (Å²) in [6.07, 6.45) is -4.66. The van der Waals surface area contributed by atoms with Gasteiger partial charge in [-0.15, -0.1) is 0 Å². The number of benzene rings is 1. The van der Waals surface area contributed by atoms with Crippen LogP contribution in [0.1, 0.15) is 25.0 Å². The minimum absolute atomic E-state index is 0.161. The van der Waals surface area contributed by atoms with Gasteiger partial charge in [-0.1, -0.05) is 15.9 Å². The lowest BCUT2D eigenvalue weighted by Crippen LogP contribution is -2.06. The zero-order chi connectivity index (χ0) is 15.4. The van der Waals surface area contributed by atoms with E-state index in [2.05, 4.69) is 15.9 Å². The summed E-state index contributed by atoms with van der Waals surface area (Å²) >= 11 is 3.15. The molecule has 1 rings (SSSR count). The molecule has 8 heteroatoms. The third-order valence-corrected chi connectivity index (χ3v) is 5.19. The standard InChI is InChI=1S/C12H15BrF3O3P/c1-3-18-20(17,19-4-2)8-9-7-10(12(14,15)16)5-6-11(9)13/h5-7H,3-4,8H2,1-2H3. The highest BCUT2D eigenvalue weighted by molar-refractivity contribution is 9.10. The molecule has 20 heavy (non-hydrogen) atoms. The molecule has 3 nitrogen and oxygen atoms in total. The van der Waals surface area contributed by atoms with Crippen LogP contribution in [0.15, 0.2) is 22.7 Å². The Labute approximate surface area is 124 Å². The lowest BCUT2D eigenvalue weighted by atomic mass is 10.1. The Morgan fingerprint density at radius 1 is 1.20 bits per heavy atom. The Morgan fingerprint density at radius 2 is 1.75 bits per heavy atom. The van der Waals surface area contributed by atoms with Crippen LogP contribution in [0.2, 0.25) is 0 Å². The van der Waals surface area contributed by atoms with E-state index >= 15 is 0 Å². The van der Waals surface area contributed by atoms with Gasteiger partial charge in [0.2, 0.25) is 0 Å². The van der Waals surface area contributed by atoms with Crippen molar-refractivity contribution in [1.29, 1.82) is 0 Å². The van der Waals surface area contributed by atoms with Crippen molar-refractivity contribution in [2.24, 2.45) is 0 Å². The Morgan fingerprint density at radius 3 is 2.20 bits per heavy atom. The maximum atomic E-state index is 12.7. The molecule has 0 unspecified atom stereocenters. The van der Waals surface area contributed by atoms with Crippen LogP contribution in [0.5, 0.6) is 0 Å². The topological polar surface area (TPSA) is 35.5 Å². The lowest BCUT2D eigenvalue weighted by molar-refractivity contribution is -0.137. The van der Waals surface area contributed by atoms with Gasteiger partial charge in [0.1, 0.15) is 0 Å². The van der Waals surface area contributed by atoms with Crippen LogP contribution in [0, 0.1) is 0 Å². The maximum Gasteiger partial charge on any atom is 0.416 e. The van der Waals surface area contributed by atoms with Crippen LogP contribution in [-0.4, -0.2) is 13.2 Å². The molecule has 1 aromatic carbocycles. The minimum atomic E-state index is -4.45. The molecular weight excluding hydrogens is 360 g/mol. The van der Waals surface area contributed by atoms with Gasteiger partial charge in [-0.2, -0.15) is 13.2 Å². The largest absolute Gasteiger partial charge is 0.416 e. The molecule has 114 valence electrons. The summed E-state index contributed by atoms with van der Waals surface area (Å²) in [5, 5.41) is 0. The zero-order valence-electron chi connectivity index (χ0n) is 11.0. The van der Waals surface area contributed by atoms with E-state index in [0.29, 0.717) is 4.47 Å². The van der Waals surface area contributed by atoms with Gasteiger partial charge in [0.05, 0.1) is 24.9 Å². The van der Waals surface area contributed by atoms with Crippen molar-refractivity contribution < 1.29 is 26.8 Å². The zero-order valence-corrected chi connectivity index (χ0v) is 13.5. The summed E-state index contributed by atoms with van der Waals surface area (Å²) in [5.74, 6) is 0. The van der Waals surface area contributed by atoms with Crippen LogP contribution in [0.25, 0.3) is 0 Å². The molecule has 0 aliphatic heterocycles. The molecule has 0 aromatic heterocycles. The van der Waals surface area contributed by atoms with Gasteiger partial charge in [-0.25, -0.2) is 0 Å². The molecule has 0 radical (unpaired) electrons. The highest BCUT2D eigenvalue weighted by Crippen LogP contribution is 2.52. The van der Waals surface area contributed by atoms with Crippen molar-refractivity contribution in [3.8, 4) is 0 Å². The predicted molar refractivity (Wildman–Crippen MR) is 73.7 cm³/mol. The Kier molecular flexibility index (Phi) is 6.25. The van der Waals surface area contributed by atoms with Gasteiger partial charge in [-0.05, 0) is 37.6 Å². The first-order chi connectivity index (χ1) is 9.22. The third kappa shape index (κ3) is 4.88. The summed E-state index contributed by atoms with van der Waals surface area (Å²) in [6.45, 7) is 3.61. The fourth-order valence-corrected chi connectivity index (χ4v) is 3.93. The van der Waals surface area contributed by atoms with Gasteiger partial charge in [0, 0.05) is 4.47 Å². The summed E-state index contributed by atoms with van der Waals surface area (Å²) < 4.78 is 61.0. The molecular formula is C12H15BrF3O3P. The van der Waals surface area contributed by atoms with E-state index in [-0.39, 0.29) is 24.9 Å². The molecule has 0 fully saturated rings. The Bertz CT molecular complexity index is 495. The Hall–Kier alpha value is -0.360. The van der Waals surface area contributed by atoms with Crippen molar-refractivity contribution >= 4 is 23.5 Å². The molecule has 0 aliphatic carbocycles. The van der Waals surface area contributed by atoms with Gasteiger partial charge in [-0.3, -0.25) is 4.57 Å². The fraction of sp³-hybridized carbons (Fsp3) is 0.500. The number of hydrogen-bond acceptors (Lipinski definition) is 3. The van der Waals surface area contributed by atoms with Crippen molar-refractivity contribution in [2.45, 2.75) is 26.2 Å². The molecule has 0 heterocycles. The molecule has 0 saturated heterocycles. The Balaban J connectivity index is 3.09. The molecule has 0 spiro atoms. The average molecular weight is 375 g/mol. The van der Waals surface area contributed by atoms with E-state index in [0.717, 1.165) is 12.1 Å². The van der Waals surface area contributed by atoms with Gasteiger partial charge < -0.3 is 9.05 Å². The van der Waals surface area contributed by atoms with Gasteiger partial charge in [0.25, 0.3) is 0 Å². The second kappa shape index (κ2) is 7.07. The van der Waals surface area contributed by atoms with Crippen LogP contribution < -0.4 is 0 Å². The third-order valence-electron chi connectivity index (χ3n) is 2.39. The quantitative estimate of drug-likeness (QED) is 0.639. The highest BCUT2D eigenvalue weighted by atomic mass is 79.9. The van der Waals surface area contributed by atoms with Crippen LogP contribution in [0.3, 0.4) is 0 Å². The van der Waals surface area contributed by atoms with E-state index in [9.17, 15) is 17.7 Å². The first kappa shape index (κ1) is 17.7. The normalized spacial score (nSPS) is 12.7. The highest BCUT2D eigenvalue weighted by Gasteiger charge is 2.32. The molecule has 0 aliphatic rings.